The first kappa shape index (κ1) is 13.2. The lowest BCUT2D eigenvalue weighted by atomic mass is 10.1. The fourth-order valence-electron chi connectivity index (χ4n) is 1.63. The number of hydrogen-bond donors (Lipinski definition) is 0. The first-order valence-corrected chi connectivity index (χ1v) is 5.35. The molecule has 1 aliphatic rings. The van der Waals surface area contributed by atoms with Crippen molar-refractivity contribution in [3.8, 4) is 0 Å². The Kier molecular flexibility index (Phi) is 5.20. The molecule has 92 valence electrons. The molecule has 0 unspecified atom stereocenters. The van der Waals surface area contributed by atoms with Gasteiger partial charge in [-0.2, -0.15) is 0 Å². The summed E-state index contributed by atoms with van der Waals surface area (Å²) in [4.78, 5) is 10.2. The van der Waals surface area contributed by atoms with Crippen LogP contribution in [0.4, 0.5) is 10.1 Å². The molecule has 1 aromatic rings. The molecule has 2 rings (SSSR count). The van der Waals surface area contributed by atoms with Gasteiger partial charge < -0.3 is 14.4 Å². The largest absolute Gasteiger partial charge is 0.497 e. The van der Waals surface area contributed by atoms with Gasteiger partial charge in [0, 0.05) is 18.8 Å². The van der Waals surface area contributed by atoms with Crippen LogP contribution in [0.25, 0.3) is 0 Å². The summed E-state index contributed by atoms with van der Waals surface area (Å²) in [5.74, 6) is -0.206. The molecule has 0 atom stereocenters. The Labute approximate surface area is 100 Å². The van der Waals surface area contributed by atoms with Crippen LogP contribution in [0.5, 0.6) is 0 Å². The predicted molar refractivity (Wildman–Crippen MR) is 65.3 cm³/mol. The number of benzene rings is 1. The zero-order valence-electron chi connectivity index (χ0n) is 9.69. The van der Waals surface area contributed by atoms with Gasteiger partial charge in [0.2, 0.25) is 0 Å². The van der Waals surface area contributed by atoms with Crippen molar-refractivity contribution in [1.82, 2.24) is 0 Å². The van der Waals surface area contributed by atoms with Crippen molar-refractivity contribution >= 4 is 12.5 Å². The van der Waals surface area contributed by atoms with E-state index < -0.39 is 0 Å². The van der Waals surface area contributed by atoms with E-state index in [0.29, 0.717) is 6.61 Å². The fraction of sp³-hybridized carbons (Fsp3) is 0.308. The Morgan fingerprint density at radius 3 is 2.59 bits per heavy atom. The Morgan fingerprint density at radius 2 is 2.06 bits per heavy atom. The van der Waals surface area contributed by atoms with Crippen molar-refractivity contribution in [1.29, 1.82) is 0 Å². The quantitative estimate of drug-likeness (QED) is 0.753. The maximum atomic E-state index is 13.3. The van der Waals surface area contributed by atoms with E-state index in [-0.39, 0.29) is 5.82 Å². The summed E-state index contributed by atoms with van der Waals surface area (Å²) in [6.07, 6.45) is 2.56. The van der Waals surface area contributed by atoms with Crippen LogP contribution in [0.1, 0.15) is 12.0 Å². The number of carbonyl (C=O) groups excluding carboxylic acids is 1. The monoisotopic (exact) mass is 237 g/mol. The number of halogens is 1. The van der Waals surface area contributed by atoms with Gasteiger partial charge in [-0.1, -0.05) is 6.58 Å². The Bertz CT molecular complexity index is 378. The van der Waals surface area contributed by atoms with Crippen LogP contribution in [-0.4, -0.2) is 19.9 Å². The minimum Gasteiger partial charge on any atom is -0.497 e. The number of carbonyl (C=O) groups is 1. The molecule has 3 nitrogen and oxygen atoms in total. The smallest absolute Gasteiger partial charge is 0.125 e. The van der Waals surface area contributed by atoms with Gasteiger partial charge in [0.15, 0.2) is 0 Å². The second-order valence-electron chi connectivity index (χ2n) is 3.64. The SMILES string of the molecule is C=COCc1cc(F)cc(N2CCC2)c1.C=O. The van der Waals surface area contributed by atoms with Gasteiger partial charge in [0.05, 0.1) is 6.26 Å². The van der Waals surface area contributed by atoms with Gasteiger partial charge >= 0.3 is 0 Å². The Morgan fingerprint density at radius 1 is 1.35 bits per heavy atom. The normalized spacial score (nSPS) is 13.1. The molecular weight excluding hydrogens is 221 g/mol. The van der Waals surface area contributed by atoms with Crippen LogP contribution in [0.15, 0.2) is 31.0 Å². The third kappa shape index (κ3) is 3.59. The highest BCUT2D eigenvalue weighted by Crippen LogP contribution is 2.23. The molecule has 1 aromatic carbocycles. The lowest BCUT2D eigenvalue weighted by molar-refractivity contribution is -0.0979. The summed E-state index contributed by atoms with van der Waals surface area (Å²) in [5, 5.41) is 0. The van der Waals surface area contributed by atoms with E-state index in [2.05, 4.69) is 11.5 Å². The van der Waals surface area contributed by atoms with E-state index in [0.717, 1.165) is 24.3 Å². The summed E-state index contributed by atoms with van der Waals surface area (Å²) in [5.41, 5.74) is 1.79. The molecule has 0 spiro atoms. The van der Waals surface area contributed by atoms with Crippen molar-refractivity contribution in [3.63, 3.8) is 0 Å². The van der Waals surface area contributed by atoms with Crippen molar-refractivity contribution < 1.29 is 13.9 Å². The first-order valence-electron chi connectivity index (χ1n) is 5.35. The highest BCUT2D eigenvalue weighted by Gasteiger charge is 2.15. The maximum Gasteiger partial charge on any atom is 0.125 e. The summed E-state index contributed by atoms with van der Waals surface area (Å²) in [6, 6.07) is 5.02. The molecule has 17 heavy (non-hydrogen) atoms. The van der Waals surface area contributed by atoms with Crippen LogP contribution >= 0.6 is 0 Å². The van der Waals surface area contributed by atoms with Crippen molar-refractivity contribution in [2.24, 2.45) is 0 Å². The van der Waals surface area contributed by atoms with Crippen LogP contribution < -0.4 is 4.90 Å². The highest BCUT2D eigenvalue weighted by atomic mass is 19.1. The lowest BCUT2D eigenvalue weighted by Crippen LogP contribution is -2.37. The second kappa shape index (κ2) is 6.68. The van der Waals surface area contributed by atoms with Crippen molar-refractivity contribution in [2.75, 3.05) is 18.0 Å². The molecule has 4 heteroatoms. The second-order valence-corrected chi connectivity index (χ2v) is 3.64. The molecule has 0 aliphatic carbocycles. The van der Waals surface area contributed by atoms with Crippen LogP contribution in [-0.2, 0) is 16.1 Å². The fourth-order valence-corrected chi connectivity index (χ4v) is 1.63. The predicted octanol–water partition coefficient (Wildman–Crippen LogP) is 2.51. The lowest BCUT2D eigenvalue weighted by Gasteiger charge is -2.33. The molecule has 0 bridgehead atoms. The zero-order chi connectivity index (χ0) is 12.7. The summed E-state index contributed by atoms with van der Waals surface area (Å²) < 4.78 is 18.3. The molecule has 0 amide bonds. The average Bonchev–Trinajstić information content (AvgIpc) is 2.26. The molecule has 0 N–H and O–H groups in total. The third-order valence-electron chi connectivity index (χ3n) is 2.53. The Balaban J connectivity index is 0.000000686. The van der Waals surface area contributed by atoms with E-state index in [1.165, 1.54) is 18.7 Å². The molecule has 1 aliphatic heterocycles. The van der Waals surface area contributed by atoms with Crippen LogP contribution in [0.2, 0.25) is 0 Å². The average molecular weight is 237 g/mol. The minimum atomic E-state index is -0.206. The van der Waals surface area contributed by atoms with Crippen LogP contribution in [0.3, 0.4) is 0 Å². The topological polar surface area (TPSA) is 29.5 Å². The molecule has 1 saturated heterocycles. The van der Waals surface area contributed by atoms with E-state index in [9.17, 15) is 4.39 Å². The van der Waals surface area contributed by atoms with Crippen molar-refractivity contribution in [2.45, 2.75) is 13.0 Å². The zero-order valence-corrected chi connectivity index (χ0v) is 9.69. The highest BCUT2D eigenvalue weighted by molar-refractivity contribution is 5.50. The molecule has 0 radical (unpaired) electrons. The van der Waals surface area contributed by atoms with E-state index in [4.69, 9.17) is 9.53 Å². The first-order chi connectivity index (χ1) is 8.29. The van der Waals surface area contributed by atoms with Gasteiger partial charge in [-0.05, 0) is 30.2 Å². The molecular formula is C13H16FNO2. The number of ether oxygens (including phenoxy) is 1. The van der Waals surface area contributed by atoms with Crippen molar-refractivity contribution in [3.05, 3.63) is 42.4 Å². The Hall–Kier alpha value is -1.84. The number of nitrogens with zero attached hydrogens (tertiary/aromatic N) is 1. The summed E-state index contributed by atoms with van der Waals surface area (Å²) in [6.45, 7) is 7.87. The number of anilines is 1. The van der Waals surface area contributed by atoms with Gasteiger partial charge in [0.1, 0.15) is 19.2 Å². The number of hydrogen-bond acceptors (Lipinski definition) is 3. The van der Waals surface area contributed by atoms with E-state index in [1.54, 1.807) is 6.07 Å². The van der Waals surface area contributed by atoms with E-state index in [1.807, 2.05) is 12.9 Å². The minimum absolute atomic E-state index is 0.206. The summed E-state index contributed by atoms with van der Waals surface area (Å²) >= 11 is 0. The van der Waals surface area contributed by atoms with Gasteiger partial charge in [-0.3, -0.25) is 0 Å². The van der Waals surface area contributed by atoms with Gasteiger partial charge in [-0.15, -0.1) is 0 Å². The molecule has 0 saturated carbocycles. The third-order valence-corrected chi connectivity index (χ3v) is 2.53. The summed E-state index contributed by atoms with van der Waals surface area (Å²) in [7, 11) is 0. The number of rotatable bonds is 4. The van der Waals surface area contributed by atoms with Gasteiger partial charge in [0.25, 0.3) is 0 Å². The van der Waals surface area contributed by atoms with Gasteiger partial charge in [-0.25, -0.2) is 4.39 Å². The molecule has 0 aromatic heterocycles. The standard InChI is InChI=1S/C12H14FNO.CH2O/c1-2-15-9-10-6-11(13)8-12(7-10)14-4-3-5-14;1-2/h2,6-8H,1,3-5,9H2;1H2. The van der Waals surface area contributed by atoms with Crippen LogP contribution in [0, 0.1) is 5.82 Å². The molecule has 1 fully saturated rings. The molecule has 1 heterocycles. The van der Waals surface area contributed by atoms with E-state index >= 15 is 0 Å². The maximum absolute atomic E-state index is 13.3.